The summed E-state index contributed by atoms with van der Waals surface area (Å²) in [6.07, 6.45) is 1.70. The summed E-state index contributed by atoms with van der Waals surface area (Å²) in [5.74, 6) is 0. The van der Waals surface area contributed by atoms with E-state index < -0.39 is 0 Å². The number of hydrogen-bond acceptors (Lipinski definition) is 4. The summed E-state index contributed by atoms with van der Waals surface area (Å²) in [6, 6.07) is 8.42. The molecular weight excluding hydrogens is 232 g/mol. The van der Waals surface area contributed by atoms with E-state index in [2.05, 4.69) is 41.4 Å². The number of rotatable bonds is 4. The van der Waals surface area contributed by atoms with Crippen molar-refractivity contribution in [2.75, 3.05) is 6.54 Å². The summed E-state index contributed by atoms with van der Waals surface area (Å²) >= 11 is 1.65. The van der Waals surface area contributed by atoms with Gasteiger partial charge in [0.05, 0.1) is 0 Å². The Balaban J connectivity index is 2.20. The van der Waals surface area contributed by atoms with Crippen LogP contribution in [0, 0.1) is 6.92 Å². The van der Waals surface area contributed by atoms with E-state index in [1.165, 1.54) is 11.1 Å². The van der Waals surface area contributed by atoms with Crippen molar-refractivity contribution < 1.29 is 0 Å². The first-order valence-corrected chi connectivity index (χ1v) is 6.36. The Bertz CT molecular complexity index is 495. The van der Waals surface area contributed by atoms with Gasteiger partial charge in [0.2, 0.25) is 0 Å². The molecule has 1 aromatic carbocycles. The molecule has 1 unspecified atom stereocenters. The predicted molar refractivity (Wildman–Crippen MR) is 69.8 cm³/mol. The molecule has 0 aliphatic carbocycles. The molecule has 1 heterocycles. The zero-order chi connectivity index (χ0) is 12.3. The zero-order valence-corrected chi connectivity index (χ0v) is 10.8. The minimum atomic E-state index is 0.220. The molecule has 90 valence electrons. The van der Waals surface area contributed by atoms with Gasteiger partial charge in [-0.05, 0) is 12.5 Å². The highest BCUT2D eigenvalue weighted by molar-refractivity contribution is 7.99. The number of nitrogens with two attached hydrogens (primary N) is 1. The van der Waals surface area contributed by atoms with Gasteiger partial charge in [0.1, 0.15) is 6.33 Å². The SMILES string of the molecule is Cc1cccc(C(CN)Sc2nncn2C)c1. The van der Waals surface area contributed by atoms with Crippen LogP contribution >= 0.6 is 11.8 Å². The lowest BCUT2D eigenvalue weighted by Gasteiger charge is -2.14. The fraction of sp³-hybridized carbons (Fsp3) is 0.333. The van der Waals surface area contributed by atoms with Gasteiger partial charge in [-0.2, -0.15) is 0 Å². The summed E-state index contributed by atoms with van der Waals surface area (Å²) in [4.78, 5) is 0. The lowest BCUT2D eigenvalue weighted by Crippen LogP contribution is -2.10. The molecule has 2 rings (SSSR count). The zero-order valence-electron chi connectivity index (χ0n) is 10.00. The van der Waals surface area contributed by atoms with E-state index in [1.54, 1.807) is 18.1 Å². The average Bonchev–Trinajstić information content (AvgIpc) is 2.71. The van der Waals surface area contributed by atoms with E-state index in [9.17, 15) is 0 Å². The first kappa shape index (κ1) is 12.1. The molecule has 2 aromatic rings. The molecule has 0 saturated heterocycles. The topological polar surface area (TPSA) is 56.7 Å². The first-order valence-electron chi connectivity index (χ1n) is 5.48. The lowest BCUT2D eigenvalue weighted by molar-refractivity contribution is 0.781. The van der Waals surface area contributed by atoms with Gasteiger partial charge < -0.3 is 10.3 Å². The molecular formula is C12H16N4S. The minimum Gasteiger partial charge on any atom is -0.329 e. The standard InChI is InChI=1S/C12H16N4S/c1-9-4-3-5-10(6-9)11(7-13)17-12-15-14-8-16(12)2/h3-6,8,11H,7,13H2,1-2H3. The van der Waals surface area contributed by atoms with Gasteiger partial charge in [0, 0.05) is 18.8 Å². The van der Waals surface area contributed by atoms with Gasteiger partial charge in [-0.25, -0.2) is 0 Å². The summed E-state index contributed by atoms with van der Waals surface area (Å²) in [5.41, 5.74) is 8.33. The molecule has 4 nitrogen and oxygen atoms in total. The first-order chi connectivity index (χ1) is 8.20. The highest BCUT2D eigenvalue weighted by Crippen LogP contribution is 2.32. The third kappa shape index (κ3) is 2.87. The molecule has 2 N–H and O–H groups in total. The van der Waals surface area contributed by atoms with Crippen LogP contribution in [-0.4, -0.2) is 21.3 Å². The number of aryl methyl sites for hydroxylation is 2. The third-order valence-corrected chi connectivity index (χ3v) is 3.88. The smallest absolute Gasteiger partial charge is 0.191 e. The van der Waals surface area contributed by atoms with Crippen LogP contribution in [0.4, 0.5) is 0 Å². The minimum absolute atomic E-state index is 0.220. The number of aromatic nitrogens is 3. The molecule has 0 fully saturated rings. The molecule has 0 saturated carbocycles. The van der Waals surface area contributed by atoms with E-state index in [-0.39, 0.29) is 5.25 Å². The van der Waals surface area contributed by atoms with Gasteiger partial charge in [0.25, 0.3) is 0 Å². The van der Waals surface area contributed by atoms with Crippen molar-refractivity contribution in [1.82, 2.24) is 14.8 Å². The Labute approximate surface area is 105 Å². The van der Waals surface area contributed by atoms with Crippen molar-refractivity contribution >= 4 is 11.8 Å². The van der Waals surface area contributed by atoms with Crippen LogP contribution in [0.2, 0.25) is 0 Å². The van der Waals surface area contributed by atoms with E-state index in [4.69, 9.17) is 5.73 Å². The Morgan fingerprint density at radius 2 is 2.29 bits per heavy atom. The molecule has 1 atom stereocenters. The van der Waals surface area contributed by atoms with Crippen molar-refractivity contribution in [3.63, 3.8) is 0 Å². The van der Waals surface area contributed by atoms with Crippen LogP contribution in [0.15, 0.2) is 35.7 Å². The summed E-state index contributed by atoms with van der Waals surface area (Å²) in [7, 11) is 1.94. The molecule has 0 aliphatic heterocycles. The highest BCUT2D eigenvalue weighted by Gasteiger charge is 2.14. The maximum absolute atomic E-state index is 5.84. The van der Waals surface area contributed by atoms with Crippen molar-refractivity contribution in [2.45, 2.75) is 17.3 Å². The van der Waals surface area contributed by atoms with Gasteiger partial charge >= 0.3 is 0 Å². The summed E-state index contributed by atoms with van der Waals surface area (Å²) in [5, 5.41) is 9.05. The average molecular weight is 248 g/mol. The van der Waals surface area contributed by atoms with Crippen LogP contribution in [0.25, 0.3) is 0 Å². The van der Waals surface area contributed by atoms with Crippen LogP contribution in [0.5, 0.6) is 0 Å². The van der Waals surface area contributed by atoms with Gasteiger partial charge in [-0.1, -0.05) is 41.6 Å². The molecule has 5 heteroatoms. The molecule has 17 heavy (non-hydrogen) atoms. The summed E-state index contributed by atoms with van der Waals surface area (Å²) < 4.78 is 1.91. The van der Waals surface area contributed by atoms with E-state index in [0.29, 0.717) is 6.54 Å². The normalized spacial score (nSPS) is 12.6. The van der Waals surface area contributed by atoms with Crippen molar-refractivity contribution in [2.24, 2.45) is 12.8 Å². The van der Waals surface area contributed by atoms with Crippen LogP contribution < -0.4 is 5.73 Å². The monoisotopic (exact) mass is 248 g/mol. The van der Waals surface area contributed by atoms with E-state index in [0.717, 1.165) is 5.16 Å². The lowest BCUT2D eigenvalue weighted by atomic mass is 10.1. The Morgan fingerprint density at radius 1 is 1.47 bits per heavy atom. The molecule has 0 radical (unpaired) electrons. The molecule has 0 aliphatic rings. The van der Waals surface area contributed by atoms with E-state index in [1.807, 2.05) is 11.6 Å². The van der Waals surface area contributed by atoms with Crippen molar-refractivity contribution in [3.8, 4) is 0 Å². The van der Waals surface area contributed by atoms with Crippen LogP contribution in [-0.2, 0) is 7.05 Å². The number of nitrogens with zero attached hydrogens (tertiary/aromatic N) is 3. The van der Waals surface area contributed by atoms with Crippen LogP contribution in [0.3, 0.4) is 0 Å². The number of hydrogen-bond donors (Lipinski definition) is 1. The molecule has 0 spiro atoms. The quantitative estimate of drug-likeness (QED) is 0.840. The third-order valence-electron chi connectivity index (χ3n) is 2.55. The second-order valence-corrected chi connectivity index (χ2v) is 5.15. The Kier molecular flexibility index (Phi) is 3.81. The molecule has 1 aromatic heterocycles. The van der Waals surface area contributed by atoms with Crippen molar-refractivity contribution in [3.05, 3.63) is 41.7 Å². The van der Waals surface area contributed by atoms with Crippen molar-refractivity contribution in [1.29, 1.82) is 0 Å². The van der Waals surface area contributed by atoms with Gasteiger partial charge in [-0.3, -0.25) is 0 Å². The second kappa shape index (κ2) is 5.33. The van der Waals surface area contributed by atoms with E-state index >= 15 is 0 Å². The maximum Gasteiger partial charge on any atom is 0.191 e. The van der Waals surface area contributed by atoms with Gasteiger partial charge in [-0.15, -0.1) is 10.2 Å². The summed E-state index contributed by atoms with van der Waals surface area (Å²) in [6.45, 7) is 2.67. The van der Waals surface area contributed by atoms with Crippen LogP contribution in [0.1, 0.15) is 16.4 Å². The molecule has 0 bridgehead atoms. The van der Waals surface area contributed by atoms with Gasteiger partial charge in [0.15, 0.2) is 5.16 Å². The number of thioether (sulfide) groups is 1. The maximum atomic E-state index is 5.84. The number of benzene rings is 1. The predicted octanol–water partition coefficient (Wildman–Crippen LogP) is 1.92. The molecule has 0 amide bonds. The Hall–Kier alpha value is -1.33. The Morgan fingerprint density at radius 3 is 2.88 bits per heavy atom. The second-order valence-electron chi connectivity index (χ2n) is 3.98. The fourth-order valence-corrected chi connectivity index (χ4v) is 2.57. The highest BCUT2D eigenvalue weighted by atomic mass is 32.2. The largest absolute Gasteiger partial charge is 0.329 e. The fourth-order valence-electron chi connectivity index (χ4n) is 1.63.